The van der Waals surface area contributed by atoms with Crippen LogP contribution in [0.3, 0.4) is 0 Å². The second kappa shape index (κ2) is 15.8. The normalized spacial score (nSPS) is 13.4. The summed E-state index contributed by atoms with van der Waals surface area (Å²) < 4.78 is 6.20. The zero-order chi connectivity index (χ0) is 33.8. The molecule has 0 spiro atoms. The average molecular weight is 849 g/mol. The van der Waals surface area contributed by atoms with Gasteiger partial charge in [-0.15, -0.1) is 54.1 Å². The first-order valence-corrected chi connectivity index (χ1v) is 21.2. The molecule has 0 amide bonds. The van der Waals surface area contributed by atoms with Gasteiger partial charge in [-0.25, -0.2) is 0 Å². The molecule has 5 heteroatoms. The molecular formula is C45H44IrN2OSi-2. The molecule has 3 nitrogen and oxygen atoms in total. The van der Waals surface area contributed by atoms with Crippen LogP contribution in [0.1, 0.15) is 43.2 Å². The fourth-order valence-corrected chi connectivity index (χ4v) is 8.75. The number of aryl methyl sites for hydroxylation is 1. The van der Waals surface area contributed by atoms with E-state index in [9.17, 15) is 0 Å². The summed E-state index contributed by atoms with van der Waals surface area (Å²) >= 11 is 0. The van der Waals surface area contributed by atoms with Gasteiger partial charge >= 0.3 is 0 Å². The van der Waals surface area contributed by atoms with Gasteiger partial charge in [0.15, 0.2) is 0 Å². The molecular weight excluding hydrogens is 805 g/mol. The van der Waals surface area contributed by atoms with Gasteiger partial charge in [0.2, 0.25) is 0 Å². The Morgan fingerprint density at radius 2 is 1.54 bits per heavy atom. The molecule has 255 valence electrons. The third-order valence-electron chi connectivity index (χ3n) is 9.73. The number of hydrogen-bond acceptors (Lipinski definition) is 3. The smallest absolute Gasteiger partial charge is 0.120 e. The molecule has 7 aromatic rings. The second-order valence-electron chi connectivity index (χ2n) is 14.5. The van der Waals surface area contributed by atoms with Gasteiger partial charge in [0.25, 0.3) is 0 Å². The molecule has 1 aliphatic rings. The van der Waals surface area contributed by atoms with E-state index in [1.54, 1.807) is 10.8 Å². The van der Waals surface area contributed by atoms with Crippen LogP contribution in [0.5, 0.6) is 0 Å². The maximum Gasteiger partial charge on any atom is 0.120 e. The molecule has 0 unspecified atom stereocenters. The van der Waals surface area contributed by atoms with Crippen LogP contribution in [0.15, 0.2) is 120 Å². The van der Waals surface area contributed by atoms with E-state index in [0.717, 1.165) is 50.4 Å². The Kier molecular flexibility index (Phi) is 11.3. The van der Waals surface area contributed by atoms with Crippen LogP contribution in [-0.2, 0) is 26.5 Å². The fourth-order valence-electron chi connectivity index (χ4n) is 7.16. The second-order valence-corrected chi connectivity index (χ2v) is 19.5. The number of rotatable bonds is 6. The van der Waals surface area contributed by atoms with Gasteiger partial charge in [-0.05, 0) is 65.2 Å². The molecule has 0 N–H and O–H groups in total. The number of nitrogens with zero attached hydrogens (tertiary/aromatic N) is 2. The van der Waals surface area contributed by atoms with Crippen LogP contribution in [0, 0.1) is 25.0 Å². The Labute approximate surface area is 311 Å². The minimum Gasteiger partial charge on any atom is -0.501 e. The number of fused-ring (bicyclic) bond motifs is 3. The molecule has 50 heavy (non-hydrogen) atoms. The van der Waals surface area contributed by atoms with Crippen molar-refractivity contribution in [3.05, 3.63) is 139 Å². The third kappa shape index (κ3) is 8.07. The Hall–Kier alpha value is -4.15. The summed E-state index contributed by atoms with van der Waals surface area (Å²) in [6.07, 6.45) is 12.3. The van der Waals surface area contributed by atoms with E-state index in [1.165, 1.54) is 55.2 Å². The van der Waals surface area contributed by atoms with E-state index in [2.05, 4.69) is 117 Å². The molecule has 8 rings (SSSR count). The molecule has 3 heterocycles. The molecule has 3 aromatic heterocycles. The van der Waals surface area contributed by atoms with Crippen molar-refractivity contribution < 1.29 is 24.5 Å². The van der Waals surface area contributed by atoms with Crippen molar-refractivity contribution in [2.75, 3.05) is 0 Å². The maximum absolute atomic E-state index is 6.20. The predicted molar refractivity (Wildman–Crippen MR) is 208 cm³/mol. The van der Waals surface area contributed by atoms with Crippen molar-refractivity contribution in [1.82, 2.24) is 9.97 Å². The standard InChI is InChI=1S/C24H16NO.C21H28NSi.Ir/c1-16-12-13-25-22(14-16)20-9-5-8-19-21-15-18(17-6-3-2-4-7-17)10-11-23(21)26-24(19)20;1-23(2,3)21-16-22-20(18-12-8-5-9-13-18)15-19(21)14-17-10-6-4-7-11-17;/h2-8,10-15H,1H3;5,8-9,12,15-17H,4,6-7,10-11,14H2,1-3H3;/q2*-1;. The van der Waals surface area contributed by atoms with Crippen molar-refractivity contribution in [3.63, 3.8) is 0 Å². The summed E-state index contributed by atoms with van der Waals surface area (Å²) in [5.41, 5.74) is 10.8. The maximum atomic E-state index is 6.20. The van der Waals surface area contributed by atoms with Crippen molar-refractivity contribution in [2.45, 2.75) is 65.1 Å². The van der Waals surface area contributed by atoms with E-state index >= 15 is 0 Å². The molecule has 4 aromatic carbocycles. The third-order valence-corrected chi connectivity index (χ3v) is 11.8. The number of aromatic nitrogens is 2. The number of benzene rings is 4. The Bertz CT molecular complexity index is 2180. The van der Waals surface area contributed by atoms with E-state index in [0.29, 0.717) is 0 Å². The monoisotopic (exact) mass is 849 g/mol. The quantitative estimate of drug-likeness (QED) is 0.124. The van der Waals surface area contributed by atoms with E-state index in [4.69, 9.17) is 9.40 Å². The first kappa shape index (κ1) is 35.7. The van der Waals surface area contributed by atoms with Crippen LogP contribution in [0.4, 0.5) is 0 Å². The van der Waals surface area contributed by atoms with Crippen LogP contribution >= 0.6 is 0 Å². The zero-order valence-corrected chi connectivity index (χ0v) is 32.8. The van der Waals surface area contributed by atoms with E-state index in [-0.39, 0.29) is 20.1 Å². The molecule has 1 radical (unpaired) electrons. The molecule has 1 saturated carbocycles. The average Bonchev–Trinajstić information content (AvgIpc) is 3.51. The predicted octanol–water partition coefficient (Wildman–Crippen LogP) is 11.6. The van der Waals surface area contributed by atoms with Crippen LogP contribution < -0.4 is 5.19 Å². The Balaban J connectivity index is 0.000000171. The van der Waals surface area contributed by atoms with Crippen LogP contribution in [0.25, 0.3) is 55.6 Å². The topological polar surface area (TPSA) is 38.9 Å². The summed E-state index contributed by atoms with van der Waals surface area (Å²) in [4.78, 5) is 9.28. The van der Waals surface area contributed by atoms with Gasteiger partial charge in [-0.2, -0.15) is 0 Å². The Morgan fingerprint density at radius 3 is 2.28 bits per heavy atom. The van der Waals surface area contributed by atoms with Crippen molar-refractivity contribution in [3.8, 4) is 33.6 Å². The number of pyridine rings is 2. The SMILES string of the molecule is C[Si](C)(C)c1cnc(-c2[c-]cccc2)cc1CC1CCCCC1.Cc1ccnc(-c2[c-]ccc3c2oc2ccc(-c4ccccc4)cc23)c1.[Ir]. The molecule has 0 atom stereocenters. The van der Waals surface area contributed by atoms with Gasteiger partial charge in [-0.3, -0.25) is 0 Å². The molecule has 1 fully saturated rings. The van der Waals surface area contributed by atoms with Gasteiger partial charge in [0.05, 0.1) is 13.7 Å². The molecule has 0 bridgehead atoms. The van der Waals surface area contributed by atoms with Gasteiger partial charge in [0, 0.05) is 37.9 Å². The number of hydrogen-bond donors (Lipinski definition) is 0. The fraction of sp³-hybridized carbons (Fsp3) is 0.244. The largest absolute Gasteiger partial charge is 0.501 e. The molecule has 0 aliphatic heterocycles. The van der Waals surface area contributed by atoms with Crippen molar-refractivity contribution in [1.29, 1.82) is 0 Å². The first-order valence-electron chi connectivity index (χ1n) is 17.7. The summed E-state index contributed by atoms with van der Waals surface area (Å²) in [7, 11) is -1.36. The van der Waals surface area contributed by atoms with Gasteiger partial charge in [-0.1, -0.05) is 122 Å². The summed E-state index contributed by atoms with van der Waals surface area (Å²) in [6, 6.07) is 42.0. The van der Waals surface area contributed by atoms with E-state index in [1.807, 2.05) is 42.6 Å². The summed E-state index contributed by atoms with van der Waals surface area (Å²) in [6.45, 7) is 9.37. The zero-order valence-electron chi connectivity index (χ0n) is 29.4. The minimum atomic E-state index is -1.36. The summed E-state index contributed by atoms with van der Waals surface area (Å²) in [5, 5.41) is 3.75. The van der Waals surface area contributed by atoms with Gasteiger partial charge < -0.3 is 14.4 Å². The minimum absolute atomic E-state index is 0. The molecule has 1 aliphatic carbocycles. The van der Waals surface area contributed by atoms with Gasteiger partial charge in [0.1, 0.15) is 5.58 Å². The van der Waals surface area contributed by atoms with Crippen molar-refractivity contribution in [2.24, 2.45) is 5.92 Å². The van der Waals surface area contributed by atoms with E-state index < -0.39 is 8.07 Å². The Morgan fingerprint density at radius 1 is 0.740 bits per heavy atom. The van der Waals surface area contributed by atoms with Crippen molar-refractivity contribution >= 4 is 35.2 Å². The first-order chi connectivity index (χ1) is 23.8. The summed E-state index contributed by atoms with van der Waals surface area (Å²) in [5.74, 6) is 0.869. The van der Waals surface area contributed by atoms with Crippen LogP contribution in [0.2, 0.25) is 19.6 Å². The van der Waals surface area contributed by atoms with Crippen LogP contribution in [-0.4, -0.2) is 18.0 Å². The number of furan rings is 1. The molecule has 0 saturated heterocycles.